The Bertz CT molecular complexity index is 579. The molecule has 25 heavy (non-hydrogen) atoms. The van der Waals surface area contributed by atoms with E-state index in [1.807, 2.05) is 0 Å². The number of carbonyl (C=O) groups is 1. The molecule has 5 heteroatoms. The lowest BCUT2D eigenvalue weighted by Gasteiger charge is -2.06. The Morgan fingerprint density at radius 3 is 2.28 bits per heavy atom. The molecular weight excluding hydrogens is 314 g/mol. The number of hydrogen-bond acceptors (Lipinski definition) is 4. The molecule has 0 unspecified atom stereocenters. The number of nitrogens with two attached hydrogens (primary N) is 1. The summed E-state index contributed by atoms with van der Waals surface area (Å²) in [5.41, 5.74) is 5.07. The largest absolute Gasteiger partial charge is 0.385 e. The molecule has 1 aromatic rings. The predicted molar refractivity (Wildman–Crippen MR) is 104 cm³/mol. The lowest BCUT2D eigenvalue weighted by atomic mass is 10.1. The van der Waals surface area contributed by atoms with E-state index in [1.54, 1.807) is 0 Å². The van der Waals surface area contributed by atoms with Crippen molar-refractivity contribution in [3.63, 3.8) is 0 Å². The summed E-state index contributed by atoms with van der Waals surface area (Å²) in [6.45, 7) is 2.24. The fourth-order valence-corrected chi connectivity index (χ4v) is 2.78. The molecule has 140 valence electrons. The molecule has 5 nitrogen and oxygen atoms in total. The predicted octanol–water partition coefficient (Wildman–Crippen LogP) is 4.72. The number of unbranched alkanes of at least 4 members (excludes halogenated alkanes) is 9. The summed E-state index contributed by atoms with van der Waals surface area (Å²) in [7, 11) is 0. The monoisotopic (exact) mass is 347 g/mol. The number of hydrogen-bond donors (Lipinski definition) is 1. The standard InChI is InChI=1S/C20H33N3O2/c1-2-3-4-5-6-7-8-9-10-11-12-13-14-15-19(24)23-18(21)16-17-22-20(23)25/h7-8,16-17H,2-6,9-15,21H2,1H3. The zero-order chi connectivity index (χ0) is 18.3. The van der Waals surface area contributed by atoms with Gasteiger partial charge in [-0.15, -0.1) is 0 Å². The van der Waals surface area contributed by atoms with E-state index in [9.17, 15) is 9.59 Å². The Balaban J connectivity index is 2.03. The summed E-state index contributed by atoms with van der Waals surface area (Å²) in [6.07, 6.45) is 19.2. The highest BCUT2D eigenvalue weighted by atomic mass is 16.2. The molecule has 0 aliphatic heterocycles. The zero-order valence-electron chi connectivity index (χ0n) is 15.6. The molecule has 0 amide bonds. The number of carbonyl (C=O) groups excluding carboxylic acids is 1. The molecular formula is C20H33N3O2. The Morgan fingerprint density at radius 2 is 1.64 bits per heavy atom. The Morgan fingerprint density at radius 1 is 1.04 bits per heavy atom. The van der Waals surface area contributed by atoms with Crippen molar-refractivity contribution >= 4 is 11.7 Å². The van der Waals surface area contributed by atoms with Crippen LogP contribution in [0.3, 0.4) is 0 Å². The molecule has 1 rings (SSSR count). The minimum absolute atomic E-state index is 0.159. The van der Waals surface area contributed by atoms with Gasteiger partial charge in [-0.3, -0.25) is 4.79 Å². The second kappa shape index (κ2) is 13.4. The Labute approximate surface area is 151 Å². The quantitative estimate of drug-likeness (QED) is 0.413. The van der Waals surface area contributed by atoms with Crippen molar-refractivity contribution in [3.8, 4) is 0 Å². The molecule has 0 radical (unpaired) electrons. The van der Waals surface area contributed by atoms with Crippen LogP contribution in [0.1, 0.15) is 88.8 Å². The third-order valence-corrected chi connectivity index (χ3v) is 4.28. The van der Waals surface area contributed by atoms with Crippen LogP contribution in [-0.4, -0.2) is 15.5 Å². The number of aromatic nitrogens is 2. The van der Waals surface area contributed by atoms with Crippen LogP contribution in [0.5, 0.6) is 0 Å². The van der Waals surface area contributed by atoms with E-state index in [-0.39, 0.29) is 11.7 Å². The minimum atomic E-state index is -0.591. The lowest BCUT2D eigenvalue weighted by Crippen LogP contribution is -2.30. The number of nitrogen functional groups attached to an aromatic ring is 1. The lowest BCUT2D eigenvalue weighted by molar-refractivity contribution is 0.0896. The van der Waals surface area contributed by atoms with E-state index in [2.05, 4.69) is 24.1 Å². The normalized spacial score (nSPS) is 11.2. The van der Waals surface area contributed by atoms with Crippen LogP contribution in [0.4, 0.5) is 5.82 Å². The maximum Gasteiger partial charge on any atom is 0.355 e. The van der Waals surface area contributed by atoms with Crippen LogP contribution in [0.15, 0.2) is 29.2 Å². The number of allylic oxidation sites excluding steroid dienone is 2. The highest BCUT2D eigenvalue weighted by molar-refractivity contribution is 5.81. The summed E-state index contributed by atoms with van der Waals surface area (Å²) in [6, 6.07) is 1.47. The van der Waals surface area contributed by atoms with Crippen molar-refractivity contribution in [2.45, 2.75) is 84.0 Å². The highest BCUT2D eigenvalue weighted by Gasteiger charge is 2.10. The van der Waals surface area contributed by atoms with Crippen molar-refractivity contribution in [2.75, 3.05) is 5.73 Å². The van der Waals surface area contributed by atoms with Crippen LogP contribution in [0, 0.1) is 0 Å². The molecule has 1 aromatic heterocycles. The second-order valence-electron chi connectivity index (χ2n) is 6.51. The van der Waals surface area contributed by atoms with Gasteiger partial charge < -0.3 is 5.73 Å². The van der Waals surface area contributed by atoms with Gasteiger partial charge in [-0.1, -0.05) is 57.6 Å². The van der Waals surface area contributed by atoms with Crippen molar-refractivity contribution < 1.29 is 4.79 Å². The highest BCUT2D eigenvalue weighted by Crippen LogP contribution is 2.10. The van der Waals surface area contributed by atoms with E-state index in [4.69, 9.17) is 5.73 Å². The first kappa shape index (κ1) is 21.1. The molecule has 0 fully saturated rings. The summed E-state index contributed by atoms with van der Waals surface area (Å²) in [4.78, 5) is 27.2. The molecule has 0 atom stereocenters. The zero-order valence-corrected chi connectivity index (χ0v) is 15.6. The summed E-state index contributed by atoms with van der Waals surface area (Å²) < 4.78 is 0.964. The van der Waals surface area contributed by atoms with Crippen LogP contribution in [0.2, 0.25) is 0 Å². The van der Waals surface area contributed by atoms with Crippen LogP contribution in [0.25, 0.3) is 0 Å². The van der Waals surface area contributed by atoms with Gasteiger partial charge in [-0.05, 0) is 38.2 Å². The topological polar surface area (TPSA) is 78.0 Å². The van der Waals surface area contributed by atoms with Gasteiger partial charge in [-0.25, -0.2) is 14.3 Å². The van der Waals surface area contributed by atoms with Gasteiger partial charge in [0, 0.05) is 12.6 Å². The smallest absolute Gasteiger partial charge is 0.355 e. The molecule has 0 saturated heterocycles. The maximum absolute atomic E-state index is 12.0. The van der Waals surface area contributed by atoms with E-state index in [1.165, 1.54) is 57.2 Å². The van der Waals surface area contributed by atoms with Crippen LogP contribution < -0.4 is 11.4 Å². The molecule has 1 heterocycles. The summed E-state index contributed by atoms with van der Waals surface area (Å²) in [5, 5.41) is 0. The first-order valence-electron chi connectivity index (χ1n) is 9.68. The van der Waals surface area contributed by atoms with Crippen LogP contribution in [-0.2, 0) is 0 Å². The SMILES string of the molecule is CCCCCCC=CCCCCCCCC(=O)n1c(N)ccnc1=O. The average Bonchev–Trinajstić information content (AvgIpc) is 2.59. The number of nitrogens with zero attached hydrogens (tertiary/aromatic N) is 2. The van der Waals surface area contributed by atoms with Gasteiger partial charge in [0.05, 0.1) is 0 Å². The van der Waals surface area contributed by atoms with Crippen LogP contribution >= 0.6 is 0 Å². The molecule has 0 aliphatic carbocycles. The van der Waals surface area contributed by atoms with Gasteiger partial charge in [0.1, 0.15) is 5.82 Å². The van der Waals surface area contributed by atoms with Crippen molar-refractivity contribution in [1.82, 2.24) is 9.55 Å². The Kier molecular flexibility index (Phi) is 11.3. The van der Waals surface area contributed by atoms with Gasteiger partial charge in [0.15, 0.2) is 0 Å². The third-order valence-electron chi connectivity index (χ3n) is 4.28. The first-order chi connectivity index (χ1) is 12.2. The fraction of sp³-hybridized carbons (Fsp3) is 0.650. The molecule has 0 saturated carbocycles. The van der Waals surface area contributed by atoms with E-state index >= 15 is 0 Å². The van der Waals surface area contributed by atoms with Crippen molar-refractivity contribution in [3.05, 3.63) is 34.9 Å². The third kappa shape index (κ3) is 9.22. The van der Waals surface area contributed by atoms with Gasteiger partial charge in [-0.2, -0.15) is 0 Å². The van der Waals surface area contributed by atoms with Gasteiger partial charge in [0.25, 0.3) is 0 Å². The van der Waals surface area contributed by atoms with E-state index in [0.717, 1.165) is 30.3 Å². The molecule has 0 aromatic carbocycles. The maximum atomic E-state index is 12.0. The number of anilines is 1. The summed E-state index contributed by atoms with van der Waals surface area (Å²) >= 11 is 0. The minimum Gasteiger partial charge on any atom is -0.385 e. The Hall–Kier alpha value is -1.91. The van der Waals surface area contributed by atoms with Gasteiger partial charge in [0.2, 0.25) is 5.91 Å². The first-order valence-corrected chi connectivity index (χ1v) is 9.68. The van der Waals surface area contributed by atoms with Crippen molar-refractivity contribution in [1.29, 1.82) is 0 Å². The molecule has 0 aliphatic rings. The van der Waals surface area contributed by atoms with E-state index < -0.39 is 5.69 Å². The molecule has 2 N–H and O–H groups in total. The van der Waals surface area contributed by atoms with E-state index in [0.29, 0.717) is 6.42 Å². The second-order valence-corrected chi connectivity index (χ2v) is 6.51. The molecule has 0 bridgehead atoms. The van der Waals surface area contributed by atoms with Crippen molar-refractivity contribution in [2.24, 2.45) is 0 Å². The summed E-state index contributed by atoms with van der Waals surface area (Å²) in [5.74, 6) is -0.104. The average molecular weight is 348 g/mol. The fourth-order valence-electron chi connectivity index (χ4n) is 2.78. The molecule has 0 spiro atoms. The number of rotatable bonds is 13. The van der Waals surface area contributed by atoms with Gasteiger partial charge >= 0.3 is 5.69 Å².